The maximum absolute atomic E-state index is 9.95. The fourth-order valence-corrected chi connectivity index (χ4v) is 1.45. The van der Waals surface area contributed by atoms with Crippen LogP contribution in [0.1, 0.15) is 59.3 Å². The first-order valence-corrected chi connectivity index (χ1v) is 4.91. The number of aliphatic hydroxyl groups is 1. The van der Waals surface area contributed by atoms with E-state index in [1.165, 1.54) is 6.42 Å². The van der Waals surface area contributed by atoms with Crippen molar-refractivity contribution in [3.05, 3.63) is 0 Å². The highest BCUT2D eigenvalue weighted by Crippen LogP contribution is 2.23. The van der Waals surface area contributed by atoms with E-state index < -0.39 is 0 Å². The van der Waals surface area contributed by atoms with Crippen molar-refractivity contribution in [1.29, 1.82) is 0 Å². The van der Waals surface area contributed by atoms with Gasteiger partial charge in [-0.2, -0.15) is 0 Å². The van der Waals surface area contributed by atoms with Crippen molar-refractivity contribution in [2.75, 3.05) is 0 Å². The van der Waals surface area contributed by atoms with Crippen molar-refractivity contribution in [3.8, 4) is 0 Å². The molecule has 0 aliphatic heterocycles. The average molecular weight is 185 g/mol. The van der Waals surface area contributed by atoms with E-state index in [0.29, 0.717) is 0 Å². The fraction of sp³-hybridized carbons (Fsp3) is 1.00. The summed E-state index contributed by atoms with van der Waals surface area (Å²) in [5.74, 6) is 0. The summed E-state index contributed by atoms with van der Waals surface area (Å²) in [6.07, 6.45) is 6.28. The lowest BCUT2D eigenvalue weighted by Crippen LogP contribution is -2.26. The Morgan fingerprint density at radius 1 is 1.00 bits per heavy atom. The van der Waals surface area contributed by atoms with Crippen LogP contribution in [-0.2, 0) is 0 Å². The Balaban J connectivity index is 0. The highest BCUT2D eigenvalue weighted by atomic mass is 24.3. The molecule has 0 aromatic carbocycles. The molecule has 12 heavy (non-hydrogen) atoms. The molecular formula is C10H24MgO. The van der Waals surface area contributed by atoms with Gasteiger partial charge in [-0.1, -0.05) is 40.0 Å². The highest BCUT2D eigenvalue weighted by molar-refractivity contribution is 5.75. The highest BCUT2D eigenvalue weighted by Gasteiger charge is 2.21. The van der Waals surface area contributed by atoms with Gasteiger partial charge in [0.2, 0.25) is 0 Å². The molecule has 0 heterocycles. The summed E-state index contributed by atoms with van der Waals surface area (Å²) in [7, 11) is 0. The number of rotatable bonds is 6. The van der Waals surface area contributed by atoms with E-state index in [1.807, 2.05) is 0 Å². The summed E-state index contributed by atoms with van der Waals surface area (Å²) in [6.45, 7) is 6.37. The van der Waals surface area contributed by atoms with Crippen LogP contribution in [0.25, 0.3) is 0 Å². The number of hydrogen-bond donors (Lipinski definition) is 1. The van der Waals surface area contributed by atoms with Crippen LogP contribution in [0, 0.1) is 0 Å². The van der Waals surface area contributed by atoms with Gasteiger partial charge in [-0.3, -0.25) is 0 Å². The molecule has 0 radical (unpaired) electrons. The van der Waals surface area contributed by atoms with Crippen LogP contribution in [0.3, 0.4) is 0 Å². The van der Waals surface area contributed by atoms with Gasteiger partial charge in [0.05, 0.1) is 5.60 Å². The lowest BCUT2D eigenvalue weighted by atomic mass is 9.89. The normalized spacial score (nSPS) is 15.0. The first kappa shape index (κ1) is 15.2. The monoisotopic (exact) mass is 184 g/mol. The van der Waals surface area contributed by atoms with Crippen LogP contribution in [0.5, 0.6) is 0 Å². The third-order valence-corrected chi connectivity index (χ3v) is 2.37. The zero-order valence-corrected chi connectivity index (χ0v) is 8.19. The average Bonchev–Trinajstić information content (AvgIpc) is 2.02. The molecule has 0 rings (SSSR count). The van der Waals surface area contributed by atoms with Gasteiger partial charge in [0.15, 0.2) is 0 Å². The minimum atomic E-state index is -0.356. The molecule has 0 aromatic heterocycles. The summed E-state index contributed by atoms with van der Waals surface area (Å²) >= 11 is 0. The zero-order valence-electron chi connectivity index (χ0n) is 8.19. The molecule has 1 unspecified atom stereocenters. The molecule has 0 aliphatic rings. The van der Waals surface area contributed by atoms with E-state index >= 15 is 0 Å². The van der Waals surface area contributed by atoms with Crippen molar-refractivity contribution in [1.82, 2.24) is 0 Å². The first-order chi connectivity index (χ1) is 5.18. The predicted octanol–water partition coefficient (Wildman–Crippen LogP) is 2.20. The molecule has 1 nitrogen and oxygen atoms in total. The molecule has 0 amide bonds. The SMILES string of the molecule is CCCCC(O)(CC)CCC.[MgH2]. The molecule has 72 valence electrons. The van der Waals surface area contributed by atoms with Gasteiger partial charge >= 0.3 is 23.1 Å². The minimum Gasteiger partial charge on any atom is -0.390 e. The molecule has 1 atom stereocenters. The maximum atomic E-state index is 9.95. The Labute approximate surface area is 93.1 Å². The Hall–Kier alpha value is 0.726. The van der Waals surface area contributed by atoms with Crippen molar-refractivity contribution < 1.29 is 5.11 Å². The molecule has 2 heteroatoms. The van der Waals surface area contributed by atoms with Crippen LogP contribution < -0.4 is 0 Å². The van der Waals surface area contributed by atoms with Crippen molar-refractivity contribution in [3.63, 3.8) is 0 Å². The predicted molar refractivity (Wildman–Crippen MR) is 58.2 cm³/mol. The molecule has 0 saturated carbocycles. The second-order valence-corrected chi connectivity index (χ2v) is 3.43. The Bertz CT molecular complexity index is 95.8. The maximum Gasteiger partial charge on any atom is 0.316 e. The molecule has 0 saturated heterocycles. The Kier molecular flexibility index (Phi) is 10.6. The van der Waals surface area contributed by atoms with Crippen LogP contribution in [-0.4, -0.2) is 33.8 Å². The lowest BCUT2D eigenvalue weighted by molar-refractivity contribution is 0.0162. The summed E-state index contributed by atoms with van der Waals surface area (Å²) in [6, 6.07) is 0. The van der Waals surface area contributed by atoms with Gasteiger partial charge < -0.3 is 5.11 Å². The van der Waals surface area contributed by atoms with Gasteiger partial charge in [-0.05, 0) is 19.3 Å². The third-order valence-electron chi connectivity index (χ3n) is 2.37. The van der Waals surface area contributed by atoms with Gasteiger partial charge in [0, 0.05) is 0 Å². The fourth-order valence-electron chi connectivity index (χ4n) is 1.45. The summed E-state index contributed by atoms with van der Waals surface area (Å²) in [4.78, 5) is 0. The quantitative estimate of drug-likeness (QED) is 0.628. The molecule has 0 spiro atoms. The summed E-state index contributed by atoms with van der Waals surface area (Å²) in [5, 5.41) is 9.95. The van der Waals surface area contributed by atoms with Crippen molar-refractivity contribution in [2.24, 2.45) is 0 Å². The standard InChI is InChI=1S/C10H22O.Mg.2H/c1-4-7-9-10(11,6-3)8-5-2;;;/h11H,4-9H2,1-3H3;;;. The minimum absolute atomic E-state index is 0. The molecule has 0 fully saturated rings. The van der Waals surface area contributed by atoms with Gasteiger partial charge in [-0.25, -0.2) is 0 Å². The zero-order chi connectivity index (χ0) is 8.74. The summed E-state index contributed by atoms with van der Waals surface area (Å²) < 4.78 is 0. The van der Waals surface area contributed by atoms with E-state index in [4.69, 9.17) is 0 Å². The summed E-state index contributed by atoms with van der Waals surface area (Å²) in [5.41, 5.74) is -0.356. The number of unbranched alkanes of at least 4 members (excludes halogenated alkanes) is 1. The van der Waals surface area contributed by atoms with Crippen LogP contribution in [0.2, 0.25) is 0 Å². The van der Waals surface area contributed by atoms with Gasteiger partial charge in [0.1, 0.15) is 0 Å². The number of hydrogen-bond acceptors (Lipinski definition) is 1. The molecular weight excluding hydrogens is 160 g/mol. The topological polar surface area (TPSA) is 20.2 Å². The Morgan fingerprint density at radius 3 is 1.92 bits per heavy atom. The molecule has 0 bridgehead atoms. The van der Waals surface area contributed by atoms with E-state index in [1.54, 1.807) is 0 Å². The van der Waals surface area contributed by atoms with Crippen LogP contribution in [0.15, 0.2) is 0 Å². The molecule has 1 N–H and O–H groups in total. The second kappa shape index (κ2) is 8.33. The first-order valence-electron chi connectivity index (χ1n) is 4.91. The van der Waals surface area contributed by atoms with Gasteiger partial charge in [0.25, 0.3) is 0 Å². The molecule has 0 aliphatic carbocycles. The smallest absolute Gasteiger partial charge is 0.316 e. The van der Waals surface area contributed by atoms with E-state index in [9.17, 15) is 5.11 Å². The van der Waals surface area contributed by atoms with Crippen LogP contribution >= 0.6 is 0 Å². The lowest BCUT2D eigenvalue weighted by Gasteiger charge is -2.25. The molecule has 0 aromatic rings. The third kappa shape index (κ3) is 6.27. The largest absolute Gasteiger partial charge is 0.390 e. The van der Waals surface area contributed by atoms with Crippen molar-refractivity contribution >= 4 is 23.1 Å². The van der Waals surface area contributed by atoms with Gasteiger partial charge in [-0.15, -0.1) is 0 Å². The van der Waals surface area contributed by atoms with E-state index in [2.05, 4.69) is 20.8 Å². The van der Waals surface area contributed by atoms with Crippen molar-refractivity contribution in [2.45, 2.75) is 64.9 Å². The van der Waals surface area contributed by atoms with E-state index in [0.717, 1.165) is 32.1 Å². The van der Waals surface area contributed by atoms with Crippen LogP contribution in [0.4, 0.5) is 0 Å². The second-order valence-electron chi connectivity index (χ2n) is 3.43. The Morgan fingerprint density at radius 2 is 1.58 bits per heavy atom. The van der Waals surface area contributed by atoms with E-state index in [-0.39, 0.29) is 28.7 Å².